The van der Waals surface area contributed by atoms with Crippen molar-refractivity contribution in [1.82, 2.24) is 4.57 Å². The zero-order chi connectivity index (χ0) is 28.4. The van der Waals surface area contributed by atoms with E-state index in [4.69, 9.17) is 0 Å². The predicted molar refractivity (Wildman–Crippen MR) is 146 cm³/mol. The van der Waals surface area contributed by atoms with Crippen molar-refractivity contribution in [3.05, 3.63) is 99.2 Å². The van der Waals surface area contributed by atoms with Crippen LogP contribution in [0.5, 0.6) is 5.75 Å². The molecule has 3 aromatic carbocycles. The van der Waals surface area contributed by atoms with E-state index in [-0.39, 0.29) is 39.4 Å². The van der Waals surface area contributed by atoms with Crippen molar-refractivity contribution in [2.24, 2.45) is 0 Å². The summed E-state index contributed by atoms with van der Waals surface area (Å²) in [4.78, 5) is 13.5. The van der Waals surface area contributed by atoms with Crippen LogP contribution >= 0.6 is 0 Å². The summed E-state index contributed by atoms with van der Waals surface area (Å²) < 4.78 is 82.5. The normalized spacial score (nSPS) is 16.2. The molecule has 6 rings (SSSR count). The Morgan fingerprint density at radius 1 is 1.00 bits per heavy atom. The standard InChI is InChI=1S/C27H21F2N3O6S2/c28-16-3-1-15(2-4-16)13-32-23-10-5-17(29)11-20(23)26(33)25(27(32)34)22-14-39(35,36)24-12-18(6-9-21(24)30-22)31-40(37,38)19-7-8-19/h1-6,9-12,14,19,30-31,33H,7-8,13H2. The van der Waals surface area contributed by atoms with Gasteiger partial charge in [0.05, 0.1) is 39.0 Å². The summed E-state index contributed by atoms with van der Waals surface area (Å²) in [6.45, 7) is -0.0738. The number of halogens is 2. The van der Waals surface area contributed by atoms with E-state index in [0.29, 0.717) is 18.4 Å². The van der Waals surface area contributed by atoms with Crippen LogP contribution in [0, 0.1) is 11.6 Å². The molecule has 40 heavy (non-hydrogen) atoms. The van der Waals surface area contributed by atoms with E-state index in [1.807, 2.05) is 0 Å². The van der Waals surface area contributed by atoms with E-state index in [1.54, 1.807) is 0 Å². The van der Waals surface area contributed by atoms with Gasteiger partial charge in [0.1, 0.15) is 22.9 Å². The third-order valence-corrected chi connectivity index (χ3v) is 10.1. The van der Waals surface area contributed by atoms with Gasteiger partial charge in [0.25, 0.3) is 5.56 Å². The van der Waals surface area contributed by atoms with Gasteiger partial charge in [-0.05, 0) is 66.9 Å². The summed E-state index contributed by atoms with van der Waals surface area (Å²) in [5.74, 6) is -1.79. The van der Waals surface area contributed by atoms with Gasteiger partial charge in [0.15, 0.2) is 0 Å². The second kappa shape index (κ2) is 9.17. The van der Waals surface area contributed by atoms with E-state index in [2.05, 4.69) is 10.0 Å². The maximum absolute atomic E-state index is 14.2. The second-order valence-corrected chi connectivity index (χ2v) is 13.4. The van der Waals surface area contributed by atoms with Crippen LogP contribution in [0.4, 0.5) is 20.2 Å². The first kappa shape index (κ1) is 26.0. The number of sulfonamides is 1. The highest BCUT2D eigenvalue weighted by Crippen LogP contribution is 2.39. The molecule has 0 unspecified atom stereocenters. The van der Waals surface area contributed by atoms with E-state index in [9.17, 15) is 35.5 Å². The Hall–Kier alpha value is -4.23. The topological polar surface area (TPSA) is 135 Å². The summed E-state index contributed by atoms with van der Waals surface area (Å²) in [6.07, 6.45) is 1.06. The first-order valence-corrected chi connectivity index (χ1v) is 15.2. The van der Waals surface area contributed by atoms with Gasteiger partial charge in [-0.15, -0.1) is 0 Å². The predicted octanol–water partition coefficient (Wildman–Crippen LogP) is 4.14. The van der Waals surface area contributed by atoms with Gasteiger partial charge < -0.3 is 15.0 Å². The third kappa shape index (κ3) is 4.60. The molecule has 1 fully saturated rings. The molecular weight excluding hydrogens is 564 g/mol. The smallest absolute Gasteiger partial charge is 0.264 e. The molecule has 0 amide bonds. The number of nitrogens with zero attached hydrogens (tertiary/aromatic N) is 1. The number of nitrogens with one attached hydrogen (secondary N) is 2. The number of hydrogen-bond donors (Lipinski definition) is 3. The molecule has 13 heteroatoms. The van der Waals surface area contributed by atoms with Crippen molar-refractivity contribution in [2.45, 2.75) is 29.5 Å². The van der Waals surface area contributed by atoms with Crippen LogP contribution in [0.2, 0.25) is 0 Å². The SMILES string of the molecule is O=c1c(C2=CS(=O)(=O)c3cc(NS(=O)(=O)C4CC4)ccc3N2)c(O)c2cc(F)ccc2n1Cc1ccc(F)cc1. The molecule has 0 saturated heterocycles. The number of aromatic nitrogens is 1. The van der Waals surface area contributed by atoms with Gasteiger partial charge in [-0.1, -0.05) is 12.1 Å². The lowest BCUT2D eigenvalue weighted by atomic mass is 10.1. The number of hydrogen-bond acceptors (Lipinski definition) is 7. The van der Waals surface area contributed by atoms with Crippen LogP contribution in [-0.4, -0.2) is 31.8 Å². The Balaban J connectivity index is 1.47. The summed E-state index contributed by atoms with van der Waals surface area (Å²) in [6, 6.07) is 12.7. The molecule has 4 aromatic rings. The lowest BCUT2D eigenvalue weighted by molar-refractivity contribution is 0.476. The van der Waals surface area contributed by atoms with Crippen LogP contribution in [0.3, 0.4) is 0 Å². The molecule has 9 nitrogen and oxygen atoms in total. The minimum Gasteiger partial charge on any atom is -0.506 e. The number of fused-ring (bicyclic) bond motifs is 2. The molecule has 1 saturated carbocycles. The fraction of sp³-hybridized carbons (Fsp3) is 0.148. The molecule has 3 N–H and O–H groups in total. The second-order valence-electron chi connectivity index (χ2n) is 9.66. The number of anilines is 2. The summed E-state index contributed by atoms with van der Waals surface area (Å²) >= 11 is 0. The molecule has 0 radical (unpaired) electrons. The Morgan fingerprint density at radius 3 is 2.40 bits per heavy atom. The van der Waals surface area contributed by atoms with Crippen LogP contribution in [0.15, 0.2) is 75.8 Å². The van der Waals surface area contributed by atoms with Gasteiger partial charge in [0.2, 0.25) is 19.9 Å². The number of aromatic hydroxyl groups is 1. The highest BCUT2D eigenvalue weighted by molar-refractivity contribution is 7.94. The van der Waals surface area contributed by atoms with Crippen LogP contribution in [0.1, 0.15) is 24.0 Å². The molecule has 0 bridgehead atoms. The highest BCUT2D eigenvalue weighted by Gasteiger charge is 2.36. The van der Waals surface area contributed by atoms with Crippen LogP contribution in [-0.2, 0) is 26.4 Å². The molecule has 0 atom stereocenters. The maximum atomic E-state index is 14.2. The zero-order valence-corrected chi connectivity index (χ0v) is 22.2. The minimum absolute atomic E-state index is 0.0348. The van der Waals surface area contributed by atoms with E-state index in [0.717, 1.165) is 17.5 Å². The average molecular weight is 586 g/mol. The molecule has 2 heterocycles. The first-order valence-electron chi connectivity index (χ1n) is 12.1. The molecule has 0 spiro atoms. The molecule has 206 valence electrons. The summed E-state index contributed by atoms with van der Waals surface area (Å²) in [7, 11) is -7.86. The van der Waals surface area contributed by atoms with Gasteiger partial charge in [-0.3, -0.25) is 9.52 Å². The molecule has 1 aromatic heterocycles. The third-order valence-electron chi connectivity index (χ3n) is 6.78. The minimum atomic E-state index is -4.23. The van der Waals surface area contributed by atoms with E-state index in [1.165, 1.54) is 53.1 Å². The highest BCUT2D eigenvalue weighted by atomic mass is 32.2. The van der Waals surface area contributed by atoms with E-state index >= 15 is 0 Å². The maximum Gasteiger partial charge on any atom is 0.264 e. The average Bonchev–Trinajstić information content (AvgIpc) is 3.74. The largest absolute Gasteiger partial charge is 0.506 e. The fourth-order valence-electron chi connectivity index (χ4n) is 4.65. The first-order chi connectivity index (χ1) is 18.9. The number of pyridine rings is 1. The van der Waals surface area contributed by atoms with Gasteiger partial charge in [-0.2, -0.15) is 0 Å². The molecule has 1 aliphatic carbocycles. The van der Waals surface area contributed by atoms with E-state index < -0.39 is 53.6 Å². The summed E-state index contributed by atoms with van der Waals surface area (Å²) in [5, 5.41) is 14.2. The number of rotatable bonds is 6. The lowest BCUT2D eigenvalue weighted by Gasteiger charge is -2.22. The Kier molecular flexibility index (Phi) is 5.96. The quantitative estimate of drug-likeness (QED) is 0.310. The molecule has 1 aliphatic heterocycles. The monoisotopic (exact) mass is 585 g/mol. The van der Waals surface area contributed by atoms with Gasteiger partial charge >= 0.3 is 0 Å². The number of sulfone groups is 1. The van der Waals surface area contributed by atoms with Gasteiger partial charge in [0, 0.05) is 11.1 Å². The van der Waals surface area contributed by atoms with Crippen molar-refractivity contribution in [1.29, 1.82) is 0 Å². The summed E-state index contributed by atoms with van der Waals surface area (Å²) in [5.41, 5.74) is -0.589. The molecule has 2 aliphatic rings. The Morgan fingerprint density at radius 2 is 1.70 bits per heavy atom. The Bertz CT molecular complexity index is 2020. The van der Waals surface area contributed by atoms with Crippen LogP contribution in [0.25, 0.3) is 16.6 Å². The number of benzene rings is 3. The van der Waals surface area contributed by atoms with Crippen molar-refractivity contribution < 1.29 is 30.7 Å². The van der Waals surface area contributed by atoms with Crippen molar-refractivity contribution >= 4 is 47.8 Å². The zero-order valence-electron chi connectivity index (χ0n) is 20.6. The molecular formula is C27H21F2N3O6S2. The lowest BCUT2D eigenvalue weighted by Crippen LogP contribution is -2.27. The van der Waals surface area contributed by atoms with Crippen LogP contribution < -0.4 is 15.6 Å². The Labute approximate surface area is 227 Å². The van der Waals surface area contributed by atoms with Crippen molar-refractivity contribution in [3.63, 3.8) is 0 Å². The van der Waals surface area contributed by atoms with Crippen molar-refractivity contribution in [2.75, 3.05) is 10.0 Å². The van der Waals surface area contributed by atoms with Gasteiger partial charge in [-0.25, -0.2) is 25.6 Å². The fourth-order valence-corrected chi connectivity index (χ4v) is 7.36. The van der Waals surface area contributed by atoms with Crippen molar-refractivity contribution in [3.8, 4) is 5.75 Å².